The zero-order valence-electron chi connectivity index (χ0n) is 8.00. The Kier molecular flexibility index (Phi) is 4.37. The molecule has 1 rings (SSSR count). The first-order chi connectivity index (χ1) is 5.84. The van der Waals surface area contributed by atoms with Gasteiger partial charge in [0.1, 0.15) is 0 Å². The van der Waals surface area contributed by atoms with Crippen molar-refractivity contribution in [3.63, 3.8) is 0 Å². The first kappa shape index (κ1) is 9.79. The molecule has 0 aromatic heterocycles. The van der Waals surface area contributed by atoms with E-state index in [4.69, 9.17) is 0 Å². The molecule has 1 nitrogen and oxygen atoms in total. The second-order valence-corrected chi connectivity index (χ2v) is 3.77. The van der Waals surface area contributed by atoms with Crippen LogP contribution in [0.2, 0.25) is 0 Å². The molecule has 1 aliphatic carbocycles. The Morgan fingerprint density at radius 1 is 1.33 bits per heavy atom. The van der Waals surface area contributed by atoms with Gasteiger partial charge in [-0.3, -0.25) is 0 Å². The molecule has 0 aliphatic heterocycles. The van der Waals surface area contributed by atoms with Crippen LogP contribution in [-0.2, 0) is 0 Å². The fraction of sp³-hybridized carbons (Fsp3) is 0.818. The topological polar surface area (TPSA) is 20.2 Å². The Hall–Kier alpha value is -0.300. The summed E-state index contributed by atoms with van der Waals surface area (Å²) in [6.45, 7) is 2.01. The molecular weight excluding hydrogens is 148 g/mol. The van der Waals surface area contributed by atoms with Gasteiger partial charge >= 0.3 is 0 Å². The predicted molar refractivity (Wildman–Crippen MR) is 52.0 cm³/mol. The number of allylic oxidation sites excluding steroid dienone is 1. The van der Waals surface area contributed by atoms with E-state index in [1.165, 1.54) is 32.1 Å². The van der Waals surface area contributed by atoms with Crippen LogP contribution in [0.1, 0.15) is 45.4 Å². The van der Waals surface area contributed by atoms with E-state index < -0.39 is 0 Å². The van der Waals surface area contributed by atoms with E-state index in [9.17, 15) is 5.11 Å². The monoisotopic (exact) mass is 168 g/mol. The molecule has 0 radical (unpaired) electrons. The summed E-state index contributed by atoms with van der Waals surface area (Å²) >= 11 is 0. The van der Waals surface area contributed by atoms with Gasteiger partial charge in [-0.25, -0.2) is 0 Å². The number of hydrogen-bond donors (Lipinski definition) is 1. The van der Waals surface area contributed by atoms with Gasteiger partial charge in [0.25, 0.3) is 0 Å². The zero-order valence-corrected chi connectivity index (χ0v) is 8.00. The molecule has 0 amide bonds. The van der Waals surface area contributed by atoms with Gasteiger partial charge in [0.2, 0.25) is 0 Å². The molecule has 1 aliphatic rings. The summed E-state index contributed by atoms with van der Waals surface area (Å²) in [5.74, 6) is 0.579. The molecule has 1 N–H and O–H groups in total. The first-order valence-electron chi connectivity index (χ1n) is 5.14. The zero-order chi connectivity index (χ0) is 8.81. The summed E-state index contributed by atoms with van der Waals surface area (Å²) < 4.78 is 0. The second kappa shape index (κ2) is 5.36. The number of aliphatic hydroxyl groups is 1. The SMILES string of the molecule is CC=CC[C@H](O)C1CCCCC1. The Morgan fingerprint density at radius 2 is 2.00 bits per heavy atom. The number of aliphatic hydroxyl groups excluding tert-OH is 1. The molecule has 1 heteroatoms. The van der Waals surface area contributed by atoms with Gasteiger partial charge < -0.3 is 5.11 Å². The maximum atomic E-state index is 9.75. The van der Waals surface area contributed by atoms with Crippen LogP contribution < -0.4 is 0 Å². The average Bonchev–Trinajstić information content (AvgIpc) is 2.15. The summed E-state index contributed by atoms with van der Waals surface area (Å²) in [6, 6.07) is 0. The van der Waals surface area contributed by atoms with Gasteiger partial charge in [-0.1, -0.05) is 31.4 Å². The Labute approximate surface area is 75.5 Å². The highest BCUT2D eigenvalue weighted by atomic mass is 16.3. The standard InChI is InChI=1S/C11H20O/c1-2-3-9-11(12)10-7-5-4-6-8-10/h2-3,10-12H,4-9H2,1H3/t11-/m0/s1. The van der Waals surface area contributed by atoms with Gasteiger partial charge in [-0.2, -0.15) is 0 Å². The van der Waals surface area contributed by atoms with Crippen molar-refractivity contribution in [2.24, 2.45) is 5.92 Å². The van der Waals surface area contributed by atoms with E-state index in [2.05, 4.69) is 6.08 Å². The van der Waals surface area contributed by atoms with Crippen LogP contribution in [0, 0.1) is 5.92 Å². The third kappa shape index (κ3) is 2.98. The van der Waals surface area contributed by atoms with Crippen molar-refractivity contribution in [1.82, 2.24) is 0 Å². The highest BCUT2D eigenvalue weighted by Gasteiger charge is 2.20. The largest absolute Gasteiger partial charge is 0.393 e. The van der Waals surface area contributed by atoms with Crippen LogP contribution in [0.4, 0.5) is 0 Å². The lowest BCUT2D eigenvalue weighted by Gasteiger charge is -2.25. The van der Waals surface area contributed by atoms with Crippen LogP contribution in [0.15, 0.2) is 12.2 Å². The third-order valence-corrected chi connectivity index (χ3v) is 2.81. The molecule has 12 heavy (non-hydrogen) atoms. The van der Waals surface area contributed by atoms with Crippen molar-refractivity contribution in [2.45, 2.75) is 51.6 Å². The average molecular weight is 168 g/mol. The molecule has 1 saturated carbocycles. The molecule has 0 heterocycles. The van der Waals surface area contributed by atoms with E-state index in [0.29, 0.717) is 5.92 Å². The highest BCUT2D eigenvalue weighted by molar-refractivity contribution is 4.84. The lowest BCUT2D eigenvalue weighted by atomic mass is 9.84. The summed E-state index contributed by atoms with van der Waals surface area (Å²) in [7, 11) is 0. The van der Waals surface area contributed by atoms with Crippen LogP contribution >= 0.6 is 0 Å². The number of rotatable bonds is 3. The third-order valence-electron chi connectivity index (χ3n) is 2.81. The smallest absolute Gasteiger partial charge is 0.0602 e. The van der Waals surface area contributed by atoms with E-state index in [-0.39, 0.29) is 6.10 Å². The van der Waals surface area contributed by atoms with Crippen LogP contribution in [-0.4, -0.2) is 11.2 Å². The molecule has 0 saturated heterocycles. The Morgan fingerprint density at radius 3 is 2.58 bits per heavy atom. The van der Waals surface area contributed by atoms with Crippen molar-refractivity contribution in [2.75, 3.05) is 0 Å². The van der Waals surface area contributed by atoms with Crippen molar-refractivity contribution >= 4 is 0 Å². The van der Waals surface area contributed by atoms with Crippen LogP contribution in [0.25, 0.3) is 0 Å². The minimum Gasteiger partial charge on any atom is -0.393 e. The van der Waals surface area contributed by atoms with Crippen molar-refractivity contribution in [1.29, 1.82) is 0 Å². The quantitative estimate of drug-likeness (QED) is 0.642. The van der Waals surface area contributed by atoms with E-state index in [1.807, 2.05) is 13.0 Å². The number of hydrogen-bond acceptors (Lipinski definition) is 1. The summed E-state index contributed by atoms with van der Waals surface area (Å²) in [5.41, 5.74) is 0. The maximum absolute atomic E-state index is 9.75. The lowest BCUT2D eigenvalue weighted by molar-refractivity contribution is 0.0873. The summed E-state index contributed by atoms with van der Waals surface area (Å²) in [6.07, 6.45) is 11.3. The summed E-state index contributed by atoms with van der Waals surface area (Å²) in [5, 5.41) is 9.75. The molecule has 0 aromatic rings. The molecule has 1 fully saturated rings. The highest BCUT2D eigenvalue weighted by Crippen LogP contribution is 2.27. The van der Waals surface area contributed by atoms with Crippen molar-refractivity contribution in [3.8, 4) is 0 Å². The fourth-order valence-corrected chi connectivity index (χ4v) is 1.99. The summed E-state index contributed by atoms with van der Waals surface area (Å²) in [4.78, 5) is 0. The molecular formula is C11H20O. The fourth-order valence-electron chi connectivity index (χ4n) is 1.99. The Bertz CT molecular complexity index is 134. The Balaban J connectivity index is 2.24. The van der Waals surface area contributed by atoms with E-state index in [0.717, 1.165) is 6.42 Å². The van der Waals surface area contributed by atoms with Gasteiger partial charge in [0, 0.05) is 0 Å². The van der Waals surface area contributed by atoms with Gasteiger partial charge in [-0.15, -0.1) is 0 Å². The van der Waals surface area contributed by atoms with Crippen LogP contribution in [0.5, 0.6) is 0 Å². The van der Waals surface area contributed by atoms with Gasteiger partial charge in [-0.05, 0) is 32.1 Å². The van der Waals surface area contributed by atoms with E-state index in [1.54, 1.807) is 0 Å². The van der Waals surface area contributed by atoms with Crippen molar-refractivity contribution < 1.29 is 5.11 Å². The van der Waals surface area contributed by atoms with E-state index >= 15 is 0 Å². The molecule has 0 spiro atoms. The normalized spacial score (nSPS) is 23.2. The maximum Gasteiger partial charge on any atom is 0.0602 e. The molecule has 1 atom stereocenters. The predicted octanol–water partition coefficient (Wildman–Crippen LogP) is 2.89. The first-order valence-corrected chi connectivity index (χ1v) is 5.14. The van der Waals surface area contributed by atoms with Gasteiger partial charge in [0.15, 0.2) is 0 Å². The molecule has 0 unspecified atom stereocenters. The van der Waals surface area contributed by atoms with Crippen LogP contribution in [0.3, 0.4) is 0 Å². The molecule has 0 aromatic carbocycles. The van der Waals surface area contributed by atoms with Gasteiger partial charge in [0.05, 0.1) is 6.10 Å². The lowest BCUT2D eigenvalue weighted by Crippen LogP contribution is -2.21. The molecule has 0 bridgehead atoms. The minimum absolute atomic E-state index is 0.0819. The minimum atomic E-state index is -0.0819. The van der Waals surface area contributed by atoms with Crippen molar-refractivity contribution in [3.05, 3.63) is 12.2 Å². The second-order valence-electron chi connectivity index (χ2n) is 3.77. The molecule has 70 valence electrons.